The van der Waals surface area contributed by atoms with Gasteiger partial charge in [-0.2, -0.15) is 0 Å². The molecule has 7 nitrogen and oxygen atoms in total. The Morgan fingerprint density at radius 1 is 0.886 bits per heavy atom. The number of aromatic nitrogens is 1. The predicted octanol–water partition coefficient (Wildman–Crippen LogP) is 6.70. The van der Waals surface area contributed by atoms with E-state index in [1.807, 2.05) is 24.5 Å². The van der Waals surface area contributed by atoms with Crippen molar-refractivity contribution < 1.29 is 9.59 Å². The Kier molecular flexibility index (Phi) is 10.5. The van der Waals surface area contributed by atoms with Gasteiger partial charge in [-0.1, -0.05) is 49.6 Å². The summed E-state index contributed by atoms with van der Waals surface area (Å²) in [5, 5.41) is 1.27. The van der Waals surface area contributed by atoms with Crippen molar-refractivity contribution in [1.29, 1.82) is 0 Å². The fourth-order valence-corrected chi connectivity index (χ4v) is 8.48. The van der Waals surface area contributed by atoms with Crippen molar-refractivity contribution in [3.05, 3.63) is 59.3 Å². The average Bonchev–Trinajstić information content (AvgIpc) is 3.68. The summed E-state index contributed by atoms with van der Waals surface area (Å²) in [6, 6.07) is 6.89. The Morgan fingerprint density at radius 3 is 2.39 bits per heavy atom. The van der Waals surface area contributed by atoms with Gasteiger partial charge in [0.15, 0.2) is 0 Å². The first-order chi connectivity index (χ1) is 21.5. The number of likely N-dealkylation sites (tertiary alicyclic amines) is 2. The van der Waals surface area contributed by atoms with E-state index in [1.165, 1.54) is 86.8 Å². The topological polar surface area (TPSA) is 60.8 Å². The van der Waals surface area contributed by atoms with Gasteiger partial charge in [-0.05, 0) is 102 Å². The number of fused-ring (bicyclic) bond motifs is 3. The smallest absolute Gasteiger partial charge is 0.262 e. The van der Waals surface area contributed by atoms with Crippen molar-refractivity contribution in [2.45, 2.75) is 95.6 Å². The van der Waals surface area contributed by atoms with Gasteiger partial charge in [-0.15, -0.1) is 0 Å². The monoisotopic (exact) mass is 617 g/mol. The average molecular weight is 618 g/mol. The van der Waals surface area contributed by atoms with E-state index < -0.39 is 0 Å². The molecule has 1 N–H and O–H groups in total. The molecule has 0 bridgehead atoms. The number of piperidine rings is 1. The van der Waals surface area contributed by atoms with Gasteiger partial charge < -0.3 is 14.4 Å². The summed E-state index contributed by atoms with van der Waals surface area (Å²) in [7, 11) is 3.84. The number of nitrogens with zero attached hydrogens (tertiary/aromatic N) is 4. The van der Waals surface area contributed by atoms with E-state index in [9.17, 15) is 9.59 Å². The second-order valence-electron chi connectivity index (χ2n) is 13.5. The summed E-state index contributed by atoms with van der Waals surface area (Å²) in [4.78, 5) is 32.3. The molecule has 1 aromatic heterocycles. The van der Waals surface area contributed by atoms with Gasteiger partial charge in [0.05, 0.1) is 5.92 Å². The van der Waals surface area contributed by atoms with Gasteiger partial charge in [-0.3, -0.25) is 14.3 Å². The van der Waals surface area contributed by atoms with Gasteiger partial charge in [0.2, 0.25) is 5.91 Å². The largest absolute Gasteiger partial charge is 0.343 e. The summed E-state index contributed by atoms with van der Waals surface area (Å²) < 4.78 is 7.29. The van der Waals surface area contributed by atoms with Crippen molar-refractivity contribution in [3.8, 4) is 0 Å². The van der Waals surface area contributed by atoms with Crippen LogP contribution in [0.1, 0.15) is 98.2 Å². The van der Waals surface area contributed by atoms with Crippen LogP contribution >= 0.6 is 12.1 Å². The first-order valence-electron chi connectivity index (χ1n) is 17.1. The van der Waals surface area contributed by atoms with Crippen LogP contribution in [0.25, 0.3) is 10.9 Å². The number of hydrogen-bond donors (Lipinski definition) is 1. The fourth-order valence-electron chi connectivity index (χ4n) is 8.10. The molecule has 1 aliphatic carbocycles. The number of amides is 2. The van der Waals surface area contributed by atoms with Crippen LogP contribution in [-0.4, -0.2) is 76.8 Å². The van der Waals surface area contributed by atoms with Crippen molar-refractivity contribution in [1.82, 2.24) is 23.4 Å². The zero-order chi connectivity index (χ0) is 30.5. The van der Waals surface area contributed by atoms with Crippen LogP contribution in [0, 0.1) is 5.92 Å². The maximum atomic E-state index is 14.3. The predicted molar refractivity (Wildman–Crippen MR) is 182 cm³/mol. The number of hydrogen-bond acceptors (Lipinski definition) is 5. The number of allylic oxidation sites excluding steroid dienone is 4. The highest BCUT2D eigenvalue weighted by atomic mass is 32.2. The van der Waals surface area contributed by atoms with Gasteiger partial charge in [0.25, 0.3) is 5.91 Å². The second-order valence-corrected chi connectivity index (χ2v) is 14.6. The van der Waals surface area contributed by atoms with Crippen LogP contribution < -0.4 is 4.72 Å². The molecule has 4 heterocycles. The molecule has 2 aromatic rings. The number of carbonyl (C=O) groups excluding carboxylic acids is 2. The summed E-state index contributed by atoms with van der Waals surface area (Å²) in [6.07, 6.45) is 22.5. The Balaban J connectivity index is 1.34. The molecule has 4 aliphatic rings. The van der Waals surface area contributed by atoms with Crippen molar-refractivity contribution in [3.63, 3.8) is 0 Å². The molecular formula is C36H51N5O2S. The van der Waals surface area contributed by atoms with E-state index in [0.717, 1.165) is 50.7 Å². The third-order valence-corrected chi connectivity index (χ3v) is 11.0. The number of benzene rings is 1. The van der Waals surface area contributed by atoms with E-state index in [4.69, 9.17) is 0 Å². The summed E-state index contributed by atoms with van der Waals surface area (Å²) in [5.74, 6) is 0.666. The normalized spacial score (nSPS) is 24.2. The zero-order valence-corrected chi connectivity index (χ0v) is 27.6. The summed E-state index contributed by atoms with van der Waals surface area (Å²) >= 11 is 1.30. The molecule has 44 heavy (non-hydrogen) atoms. The van der Waals surface area contributed by atoms with Crippen LogP contribution in [0.5, 0.6) is 0 Å². The van der Waals surface area contributed by atoms with E-state index in [2.05, 4.69) is 55.5 Å². The highest BCUT2D eigenvalue weighted by Gasteiger charge is 2.33. The molecule has 2 saturated heterocycles. The van der Waals surface area contributed by atoms with E-state index in [1.54, 1.807) is 0 Å². The zero-order valence-electron chi connectivity index (χ0n) is 26.8. The number of rotatable bonds is 6. The Labute approximate surface area is 268 Å². The van der Waals surface area contributed by atoms with Gasteiger partial charge in [0.1, 0.15) is 0 Å². The maximum absolute atomic E-state index is 14.3. The maximum Gasteiger partial charge on any atom is 0.262 e. The summed E-state index contributed by atoms with van der Waals surface area (Å²) in [5.41, 5.74) is 4.57. The second kappa shape index (κ2) is 14.7. The molecule has 1 atom stereocenters. The lowest BCUT2D eigenvalue weighted by atomic mass is 9.82. The third kappa shape index (κ3) is 7.13. The van der Waals surface area contributed by atoms with Crippen molar-refractivity contribution >= 4 is 34.9 Å². The molecule has 3 fully saturated rings. The molecule has 0 radical (unpaired) electrons. The fraction of sp³-hybridized carbons (Fsp3) is 0.611. The Hall–Kier alpha value is -2.55. The first kappa shape index (κ1) is 31.4. The lowest BCUT2D eigenvalue weighted by Gasteiger charge is -2.38. The van der Waals surface area contributed by atoms with Crippen LogP contribution in [0.4, 0.5) is 0 Å². The minimum atomic E-state index is -0.0883. The Bertz CT molecular complexity index is 1360. The van der Waals surface area contributed by atoms with Crippen LogP contribution in [0.15, 0.2) is 42.5 Å². The lowest BCUT2D eigenvalue weighted by Crippen LogP contribution is -2.48. The SMILES string of the molecule is CN(C)SNC(=O)c1ccc2c(C3CCCCC3)c3n(c2c1)CC(C(=O)N1CCC(N2CCCC2)CC1)CC/C=C\C=C/C3. The molecule has 2 amide bonds. The summed E-state index contributed by atoms with van der Waals surface area (Å²) in [6.45, 7) is 4.86. The van der Waals surface area contributed by atoms with Crippen LogP contribution in [0.3, 0.4) is 0 Å². The molecule has 238 valence electrons. The minimum Gasteiger partial charge on any atom is -0.343 e. The Morgan fingerprint density at radius 2 is 1.64 bits per heavy atom. The van der Waals surface area contributed by atoms with E-state index >= 15 is 0 Å². The molecule has 0 spiro atoms. The number of carbonyl (C=O) groups is 2. The van der Waals surface area contributed by atoms with Gasteiger partial charge in [0, 0.05) is 66.4 Å². The highest BCUT2D eigenvalue weighted by molar-refractivity contribution is 7.95. The van der Waals surface area contributed by atoms with Crippen molar-refractivity contribution in [2.75, 3.05) is 40.3 Å². The van der Waals surface area contributed by atoms with E-state index in [-0.39, 0.29) is 11.8 Å². The van der Waals surface area contributed by atoms with Crippen LogP contribution in [0.2, 0.25) is 0 Å². The third-order valence-electron chi connectivity index (χ3n) is 10.4. The first-order valence-corrected chi connectivity index (χ1v) is 17.9. The quantitative estimate of drug-likeness (QED) is 0.366. The highest BCUT2D eigenvalue weighted by Crippen LogP contribution is 2.41. The molecule has 1 unspecified atom stereocenters. The van der Waals surface area contributed by atoms with Crippen molar-refractivity contribution in [2.24, 2.45) is 5.92 Å². The minimum absolute atomic E-state index is 0.0866. The molecular weight excluding hydrogens is 566 g/mol. The molecule has 6 rings (SSSR count). The lowest BCUT2D eigenvalue weighted by molar-refractivity contribution is -0.137. The standard InChI is InChI=1S/C36H51N5O2S/c1-38(2)44-37-35(42)28-17-18-31-33(25-28)41-26-29(36(43)40-23-19-30(20-24-40)39-21-11-12-22-39)15-7-4-3-5-10-16-32(41)34(31)27-13-8-6-9-14-27/h3-5,10,17-18,25,27,29-30H,6-9,11-16,19-24,26H2,1-2H3,(H,37,42)/b4-3-,10-5-. The van der Waals surface area contributed by atoms with Gasteiger partial charge >= 0.3 is 0 Å². The number of nitrogens with one attached hydrogen (secondary N) is 1. The molecule has 1 aromatic carbocycles. The molecule has 8 heteroatoms. The molecule has 1 saturated carbocycles. The van der Waals surface area contributed by atoms with Gasteiger partial charge in [-0.25, -0.2) is 4.31 Å². The molecule has 3 aliphatic heterocycles. The van der Waals surface area contributed by atoms with E-state index in [0.29, 0.717) is 30.0 Å². The van der Waals surface area contributed by atoms with Crippen LogP contribution in [-0.2, 0) is 17.8 Å².